The van der Waals surface area contributed by atoms with Gasteiger partial charge in [0.15, 0.2) is 0 Å². The number of hydrogen-bond donors (Lipinski definition) is 1. The molecule has 1 saturated heterocycles. The molecule has 0 spiro atoms. The number of imidazole rings is 1. The summed E-state index contributed by atoms with van der Waals surface area (Å²) in [5.74, 6) is -0.204. The van der Waals surface area contributed by atoms with Crippen LogP contribution < -0.4 is 0 Å². The van der Waals surface area contributed by atoms with Crippen molar-refractivity contribution in [3.8, 4) is 0 Å². The Labute approximate surface area is 146 Å². The minimum Gasteiger partial charge on any atom is -0.388 e. The van der Waals surface area contributed by atoms with Gasteiger partial charge in [-0.2, -0.15) is 0 Å². The lowest BCUT2D eigenvalue weighted by molar-refractivity contribution is -0.0350. The van der Waals surface area contributed by atoms with Gasteiger partial charge in [0.2, 0.25) is 0 Å². The smallest absolute Gasteiger partial charge is 0.123 e. The second kappa shape index (κ2) is 6.58. The Bertz CT molecular complexity index is 851. The standard InChI is InChI=1S/C20H22FN3O/c21-17-7-5-16(6-8-17)13-23-11-9-20(25,10-12-23)14-24-15-22-18-3-1-2-4-19(18)24/h1-8,15,25H,9-14H2. The van der Waals surface area contributed by atoms with E-state index >= 15 is 0 Å². The van der Waals surface area contributed by atoms with E-state index in [-0.39, 0.29) is 5.82 Å². The van der Waals surface area contributed by atoms with Gasteiger partial charge in [-0.15, -0.1) is 0 Å². The van der Waals surface area contributed by atoms with Gasteiger partial charge in [-0.05, 0) is 42.7 Å². The molecule has 0 atom stereocenters. The number of nitrogens with zero attached hydrogens (tertiary/aromatic N) is 3. The summed E-state index contributed by atoms with van der Waals surface area (Å²) in [4.78, 5) is 6.72. The molecule has 0 saturated carbocycles. The summed E-state index contributed by atoms with van der Waals surface area (Å²) in [5, 5.41) is 11.0. The van der Waals surface area contributed by atoms with Crippen LogP contribution in [0.15, 0.2) is 54.9 Å². The second-order valence-electron chi connectivity index (χ2n) is 6.99. The lowest BCUT2D eigenvalue weighted by Gasteiger charge is -2.38. The first kappa shape index (κ1) is 16.2. The number of benzene rings is 2. The molecule has 5 heteroatoms. The number of halogens is 1. The molecule has 130 valence electrons. The van der Waals surface area contributed by atoms with E-state index in [4.69, 9.17) is 0 Å². The topological polar surface area (TPSA) is 41.3 Å². The summed E-state index contributed by atoms with van der Waals surface area (Å²) in [6, 6.07) is 14.6. The van der Waals surface area contributed by atoms with Crippen molar-refractivity contribution in [2.45, 2.75) is 31.5 Å². The van der Waals surface area contributed by atoms with Gasteiger partial charge in [-0.25, -0.2) is 9.37 Å². The molecule has 0 aliphatic carbocycles. The van der Waals surface area contributed by atoms with Crippen molar-refractivity contribution in [2.24, 2.45) is 0 Å². The van der Waals surface area contributed by atoms with Crippen LogP contribution in [0.4, 0.5) is 4.39 Å². The van der Waals surface area contributed by atoms with Crippen molar-refractivity contribution in [3.05, 3.63) is 66.2 Å². The summed E-state index contributed by atoms with van der Waals surface area (Å²) in [6.07, 6.45) is 3.26. The van der Waals surface area contributed by atoms with Crippen LogP contribution in [0.25, 0.3) is 11.0 Å². The number of rotatable bonds is 4. The number of aliphatic hydroxyl groups is 1. The van der Waals surface area contributed by atoms with E-state index in [1.165, 1.54) is 12.1 Å². The van der Waals surface area contributed by atoms with Crippen LogP contribution in [0.5, 0.6) is 0 Å². The summed E-state index contributed by atoms with van der Waals surface area (Å²) >= 11 is 0. The monoisotopic (exact) mass is 339 g/mol. The maximum atomic E-state index is 13.0. The number of piperidine rings is 1. The first-order valence-electron chi connectivity index (χ1n) is 8.70. The van der Waals surface area contributed by atoms with E-state index in [2.05, 4.69) is 9.88 Å². The molecule has 1 aliphatic heterocycles. The fourth-order valence-corrected chi connectivity index (χ4v) is 3.59. The molecule has 2 aromatic carbocycles. The van der Waals surface area contributed by atoms with Crippen LogP contribution in [-0.2, 0) is 13.1 Å². The molecule has 1 aliphatic rings. The highest BCUT2D eigenvalue weighted by atomic mass is 19.1. The van der Waals surface area contributed by atoms with Crippen molar-refractivity contribution < 1.29 is 9.50 Å². The van der Waals surface area contributed by atoms with Crippen LogP contribution in [0.1, 0.15) is 18.4 Å². The first-order chi connectivity index (χ1) is 12.1. The highest BCUT2D eigenvalue weighted by Crippen LogP contribution is 2.26. The summed E-state index contributed by atoms with van der Waals surface area (Å²) in [7, 11) is 0. The molecule has 0 amide bonds. The minimum absolute atomic E-state index is 0.204. The lowest BCUT2D eigenvalue weighted by atomic mass is 9.91. The van der Waals surface area contributed by atoms with Crippen LogP contribution in [0, 0.1) is 5.82 Å². The van der Waals surface area contributed by atoms with Gasteiger partial charge in [0.25, 0.3) is 0 Å². The Morgan fingerprint density at radius 2 is 1.76 bits per heavy atom. The predicted molar refractivity (Wildman–Crippen MR) is 95.6 cm³/mol. The lowest BCUT2D eigenvalue weighted by Crippen LogP contribution is -2.46. The molecule has 2 heterocycles. The molecule has 0 unspecified atom stereocenters. The molecule has 0 radical (unpaired) electrons. The molecule has 4 rings (SSSR count). The number of para-hydroxylation sites is 2. The third-order valence-corrected chi connectivity index (χ3v) is 5.10. The molecular weight excluding hydrogens is 317 g/mol. The van der Waals surface area contributed by atoms with Crippen LogP contribution in [0.2, 0.25) is 0 Å². The van der Waals surface area contributed by atoms with E-state index in [0.717, 1.165) is 49.1 Å². The number of aromatic nitrogens is 2. The van der Waals surface area contributed by atoms with E-state index in [0.29, 0.717) is 6.54 Å². The van der Waals surface area contributed by atoms with E-state index in [1.807, 2.05) is 47.3 Å². The molecular formula is C20H22FN3O. The first-order valence-corrected chi connectivity index (χ1v) is 8.70. The Hall–Kier alpha value is -2.24. The quantitative estimate of drug-likeness (QED) is 0.794. The summed E-state index contributed by atoms with van der Waals surface area (Å²) in [6.45, 7) is 3.03. The fourth-order valence-electron chi connectivity index (χ4n) is 3.59. The predicted octanol–water partition coefficient (Wildman–Crippen LogP) is 3.20. The van der Waals surface area contributed by atoms with E-state index < -0.39 is 5.60 Å². The summed E-state index contributed by atoms with van der Waals surface area (Å²) in [5.41, 5.74) is 2.42. The zero-order valence-electron chi connectivity index (χ0n) is 14.1. The normalized spacial score (nSPS) is 17.8. The van der Waals surface area contributed by atoms with Crippen molar-refractivity contribution >= 4 is 11.0 Å². The van der Waals surface area contributed by atoms with E-state index in [1.54, 1.807) is 0 Å². The summed E-state index contributed by atoms with van der Waals surface area (Å²) < 4.78 is 15.1. The van der Waals surface area contributed by atoms with Gasteiger partial charge in [0.05, 0.1) is 29.5 Å². The van der Waals surface area contributed by atoms with Crippen molar-refractivity contribution in [1.29, 1.82) is 0 Å². The highest BCUT2D eigenvalue weighted by Gasteiger charge is 2.33. The molecule has 3 aromatic rings. The van der Waals surface area contributed by atoms with Gasteiger partial charge in [-0.1, -0.05) is 24.3 Å². The Morgan fingerprint density at radius 1 is 1.04 bits per heavy atom. The Kier molecular flexibility index (Phi) is 4.27. The third-order valence-electron chi connectivity index (χ3n) is 5.10. The van der Waals surface area contributed by atoms with Crippen molar-refractivity contribution in [3.63, 3.8) is 0 Å². The highest BCUT2D eigenvalue weighted by molar-refractivity contribution is 5.74. The Balaban J connectivity index is 1.39. The molecule has 4 nitrogen and oxygen atoms in total. The Morgan fingerprint density at radius 3 is 2.52 bits per heavy atom. The molecule has 1 aromatic heterocycles. The fraction of sp³-hybridized carbons (Fsp3) is 0.350. The van der Waals surface area contributed by atoms with Crippen LogP contribution in [-0.4, -0.2) is 38.2 Å². The zero-order chi connectivity index (χ0) is 17.3. The molecule has 1 N–H and O–H groups in total. The SMILES string of the molecule is OC1(Cn2cnc3ccccc32)CCN(Cc2ccc(F)cc2)CC1. The van der Waals surface area contributed by atoms with Gasteiger partial charge < -0.3 is 9.67 Å². The minimum atomic E-state index is -0.706. The molecule has 0 bridgehead atoms. The van der Waals surface area contributed by atoms with Crippen LogP contribution in [0.3, 0.4) is 0 Å². The second-order valence-corrected chi connectivity index (χ2v) is 6.99. The average molecular weight is 339 g/mol. The van der Waals surface area contributed by atoms with E-state index in [9.17, 15) is 9.50 Å². The van der Waals surface area contributed by atoms with Gasteiger partial charge in [-0.3, -0.25) is 4.90 Å². The number of hydrogen-bond acceptors (Lipinski definition) is 3. The largest absolute Gasteiger partial charge is 0.388 e. The third kappa shape index (κ3) is 3.57. The van der Waals surface area contributed by atoms with Crippen LogP contribution >= 0.6 is 0 Å². The maximum absolute atomic E-state index is 13.0. The average Bonchev–Trinajstić information content (AvgIpc) is 3.02. The van der Waals surface area contributed by atoms with Gasteiger partial charge in [0.1, 0.15) is 5.82 Å². The zero-order valence-corrected chi connectivity index (χ0v) is 14.1. The van der Waals surface area contributed by atoms with Crippen molar-refractivity contribution in [2.75, 3.05) is 13.1 Å². The molecule has 1 fully saturated rings. The maximum Gasteiger partial charge on any atom is 0.123 e. The van der Waals surface area contributed by atoms with Gasteiger partial charge >= 0.3 is 0 Å². The number of fused-ring (bicyclic) bond motifs is 1. The molecule has 25 heavy (non-hydrogen) atoms. The van der Waals surface area contributed by atoms with Gasteiger partial charge in [0, 0.05) is 19.6 Å². The van der Waals surface area contributed by atoms with Crippen molar-refractivity contribution in [1.82, 2.24) is 14.5 Å². The number of likely N-dealkylation sites (tertiary alicyclic amines) is 1.